The Balaban J connectivity index is 1.70. The fourth-order valence-corrected chi connectivity index (χ4v) is 2.86. The van der Waals surface area contributed by atoms with Crippen LogP contribution in [0.4, 0.5) is 0 Å². The van der Waals surface area contributed by atoms with Gasteiger partial charge in [0.05, 0.1) is 0 Å². The zero-order valence-electron chi connectivity index (χ0n) is 9.44. The maximum atomic E-state index is 3.66. The van der Waals surface area contributed by atoms with Gasteiger partial charge in [0.1, 0.15) is 0 Å². The molecule has 2 N–H and O–H groups in total. The fourth-order valence-electron chi connectivity index (χ4n) is 2.86. The molecule has 0 bridgehead atoms. The Kier molecular flexibility index (Phi) is 3.45. The van der Waals surface area contributed by atoms with Crippen LogP contribution >= 0.6 is 0 Å². The van der Waals surface area contributed by atoms with Crippen molar-refractivity contribution in [1.29, 1.82) is 0 Å². The molecule has 82 valence electrons. The van der Waals surface area contributed by atoms with Crippen LogP contribution in [0, 0.1) is 5.92 Å². The number of hydrogen-bond donors (Lipinski definition) is 2. The molecule has 1 atom stereocenters. The minimum atomic E-state index is 0.477. The molecule has 2 nitrogen and oxygen atoms in total. The second kappa shape index (κ2) is 4.63. The van der Waals surface area contributed by atoms with Gasteiger partial charge in [-0.2, -0.15) is 0 Å². The van der Waals surface area contributed by atoms with Gasteiger partial charge in [0, 0.05) is 5.54 Å². The molecule has 0 radical (unpaired) electrons. The molecule has 0 amide bonds. The van der Waals surface area contributed by atoms with E-state index in [2.05, 4.69) is 17.6 Å². The Labute approximate surface area is 87.8 Å². The molecular formula is C12H24N2. The topological polar surface area (TPSA) is 24.1 Å². The van der Waals surface area contributed by atoms with Crippen molar-refractivity contribution in [2.75, 3.05) is 19.6 Å². The van der Waals surface area contributed by atoms with Crippen molar-refractivity contribution >= 4 is 0 Å². The molecule has 0 spiro atoms. The van der Waals surface area contributed by atoms with Crippen LogP contribution in [0.25, 0.3) is 0 Å². The van der Waals surface area contributed by atoms with Crippen molar-refractivity contribution in [3.8, 4) is 0 Å². The summed E-state index contributed by atoms with van der Waals surface area (Å²) in [5, 5.41) is 7.09. The van der Waals surface area contributed by atoms with Gasteiger partial charge in [-0.05, 0) is 71.0 Å². The van der Waals surface area contributed by atoms with Crippen molar-refractivity contribution in [1.82, 2.24) is 10.6 Å². The van der Waals surface area contributed by atoms with Crippen LogP contribution in [0.3, 0.4) is 0 Å². The second-order valence-corrected chi connectivity index (χ2v) is 5.32. The first kappa shape index (κ1) is 10.4. The van der Waals surface area contributed by atoms with E-state index in [9.17, 15) is 0 Å². The van der Waals surface area contributed by atoms with E-state index in [1.807, 2.05) is 0 Å². The third kappa shape index (κ3) is 2.71. The van der Waals surface area contributed by atoms with E-state index in [1.54, 1.807) is 0 Å². The van der Waals surface area contributed by atoms with Gasteiger partial charge in [0.25, 0.3) is 0 Å². The molecule has 2 heterocycles. The van der Waals surface area contributed by atoms with Gasteiger partial charge >= 0.3 is 0 Å². The highest BCUT2D eigenvalue weighted by Crippen LogP contribution is 2.28. The predicted molar refractivity (Wildman–Crippen MR) is 60.5 cm³/mol. The van der Waals surface area contributed by atoms with E-state index >= 15 is 0 Å². The summed E-state index contributed by atoms with van der Waals surface area (Å²) in [6, 6.07) is 0. The number of piperidine rings is 1. The SMILES string of the molecule is CC1(CCC2CCNCC2)CCCN1. The van der Waals surface area contributed by atoms with Crippen molar-refractivity contribution < 1.29 is 0 Å². The molecule has 14 heavy (non-hydrogen) atoms. The Hall–Kier alpha value is -0.0800. The third-order valence-electron chi connectivity index (χ3n) is 4.02. The van der Waals surface area contributed by atoms with Crippen LogP contribution in [-0.4, -0.2) is 25.2 Å². The quantitative estimate of drug-likeness (QED) is 0.720. The highest BCUT2D eigenvalue weighted by atomic mass is 15.0. The molecule has 2 heteroatoms. The zero-order valence-corrected chi connectivity index (χ0v) is 9.44. The van der Waals surface area contributed by atoms with Crippen LogP contribution in [0.1, 0.15) is 45.4 Å². The minimum absolute atomic E-state index is 0.477. The van der Waals surface area contributed by atoms with E-state index < -0.39 is 0 Å². The highest BCUT2D eigenvalue weighted by Gasteiger charge is 2.28. The Bertz CT molecular complexity index is 167. The molecule has 0 aromatic rings. The van der Waals surface area contributed by atoms with Crippen LogP contribution in [0.2, 0.25) is 0 Å². The lowest BCUT2D eigenvalue weighted by molar-refractivity contribution is 0.290. The van der Waals surface area contributed by atoms with E-state index in [0.29, 0.717) is 5.54 Å². The second-order valence-electron chi connectivity index (χ2n) is 5.32. The molecule has 0 aromatic heterocycles. The maximum absolute atomic E-state index is 3.66. The fraction of sp³-hybridized carbons (Fsp3) is 1.00. The van der Waals surface area contributed by atoms with Crippen molar-refractivity contribution in [3.63, 3.8) is 0 Å². The smallest absolute Gasteiger partial charge is 0.0153 e. The normalized spacial score (nSPS) is 34.9. The summed E-state index contributed by atoms with van der Waals surface area (Å²) in [6.07, 6.45) is 8.38. The Morgan fingerprint density at radius 2 is 2.00 bits per heavy atom. The van der Waals surface area contributed by atoms with Crippen molar-refractivity contribution in [2.45, 2.75) is 51.0 Å². The van der Waals surface area contributed by atoms with Gasteiger partial charge in [0.2, 0.25) is 0 Å². The lowest BCUT2D eigenvalue weighted by Crippen LogP contribution is -2.37. The molecule has 1 unspecified atom stereocenters. The van der Waals surface area contributed by atoms with Gasteiger partial charge in [-0.1, -0.05) is 0 Å². The largest absolute Gasteiger partial charge is 0.317 e. The standard InChI is InChI=1S/C12H24N2/c1-12(6-2-8-14-12)7-3-11-4-9-13-10-5-11/h11,13-14H,2-10H2,1H3. The van der Waals surface area contributed by atoms with Crippen LogP contribution in [0.5, 0.6) is 0 Å². The first-order valence-electron chi connectivity index (χ1n) is 6.24. The summed E-state index contributed by atoms with van der Waals surface area (Å²) >= 11 is 0. The lowest BCUT2D eigenvalue weighted by atomic mass is 9.86. The lowest BCUT2D eigenvalue weighted by Gasteiger charge is -2.29. The van der Waals surface area contributed by atoms with E-state index in [-0.39, 0.29) is 0 Å². The number of rotatable bonds is 3. The zero-order chi connectivity index (χ0) is 9.86. The average Bonchev–Trinajstić information content (AvgIpc) is 2.65. The van der Waals surface area contributed by atoms with E-state index in [1.165, 1.54) is 58.2 Å². The monoisotopic (exact) mass is 196 g/mol. The van der Waals surface area contributed by atoms with Gasteiger partial charge in [-0.25, -0.2) is 0 Å². The first-order chi connectivity index (χ1) is 6.79. The third-order valence-corrected chi connectivity index (χ3v) is 4.02. The predicted octanol–water partition coefficient (Wildman–Crippen LogP) is 1.91. The average molecular weight is 196 g/mol. The number of nitrogens with one attached hydrogen (secondary N) is 2. The molecule has 0 aliphatic carbocycles. The van der Waals surface area contributed by atoms with Gasteiger partial charge in [-0.15, -0.1) is 0 Å². The summed E-state index contributed by atoms with van der Waals surface area (Å²) in [4.78, 5) is 0. The van der Waals surface area contributed by atoms with Crippen LogP contribution in [-0.2, 0) is 0 Å². The van der Waals surface area contributed by atoms with Gasteiger partial charge in [0.15, 0.2) is 0 Å². The van der Waals surface area contributed by atoms with Crippen molar-refractivity contribution in [2.24, 2.45) is 5.92 Å². The molecular weight excluding hydrogens is 172 g/mol. The molecule has 0 saturated carbocycles. The molecule has 0 aromatic carbocycles. The molecule has 2 rings (SSSR count). The highest BCUT2D eigenvalue weighted by molar-refractivity contribution is 4.89. The molecule has 2 aliphatic heterocycles. The number of hydrogen-bond acceptors (Lipinski definition) is 2. The Morgan fingerprint density at radius 1 is 1.21 bits per heavy atom. The summed E-state index contributed by atoms with van der Waals surface area (Å²) < 4.78 is 0. The maximum Gasteiger partial charge on any atom is 0.0153 e. The molecule has 2 saturated heterocycles. The molecule has 2 fully saturated rings. The van der Waals surface area contributed by atoms with Gasteiger partial charge in [-0.3, -0.25) is 0 Å². The minimum Gasteiger partial charge on any atom is -0.317 e. The summed E-state index contributed by atoms with van der Waals surface area (Å²) in [7, 11) is 0. The molecule has 2 aliphatic rings. The summed E-state index contributed by atoms with van der Waals surface area (Å²) in [5.41, 5.74) is 0.477. The van der Waals surface area contributed by atoms with Crippen LogP contribution in [0.15, 0.2) is 0 Å². The van der Waals surface area contributed by atoms with E-state index in [0.717, 1.165) is 5.92 Å². The first-order valence-corrected chi connectivity index (χ1v) is 6.24. The Morgan fingerprint density at radius 3 is 2.64 bits per heavy atom. The van der Waals surface area contributed by atoms with Crippen LogP contribution < -0.4 is 10.6 Å². The summed E-state index contributed by atoms with van der Waals surface area (Å²) in [5.74, 6) is 0.996. The van der Waals surface area contributed by atoms with E-state index in [4.69, 9.17) is 0 Å². The van der Waals surface area contributed by atoms with Crippen molar-refractivity contribution in [3.05, 3.63) is 0 Å². The van der Waals surface area contributed by atoms with Gasteiger partial charge < -0.3 is 10.6 Å². The summed E-state index contributed by atoms with van der Waals surface area (Å²) in [6.45, 7) is 6.13.